The van der Waals surface area contributed by atoms with E-state index in [2.05, 4.69) is 25.8 Å². The highest BCUT2D eigenvalue weighted by Crippen LogP contribution is 2.31. The second-order valence-corrected chi connectivity index (χ2v) is 7.73. The molecule has 1 aliphatic carbocycles. The van der Waals surface area contributed by atoms with Crippen molar-refractivity contribution in [2.24, 2.45) is 5.92 Å². The molecule has 1 aliphatic heterocycles. The van der Waals surface area contributed by atoms with Crippen molar-refractivity contribution in [3.63, 3.8) is 0 Å². The fourth-order valence-electron chi connectivity index (χ4n) is 3.69. The van der Waals surface area contributed by atoms with E-state index in [9.17, 15) is 9.18 Å². The van der Waals surface area contributed by atoms with E-state index < -0.39 is 0 Å². The van der Waals surface area contributed by atoms with Gasteiger partial charge in [0.1, 0.15) is 23.6 Å². The smallest absolute Gasteiger partial charge is 0.321 e. The zero-order valence-electron chi connectivity index (χ0n) is 16.6. The normalized spacial score (nSPS) is 15.0. The number of hydrogen-bond donors (Lipinski definition) is 2. The van der Waals surface area contributed by atoms with E-state index in [1.54, 1.807) is 22.4 Å². The van der Waals surface area contributed by atoms with Crippen LogP contribution in [0.25, 0.3) is 5.65 Å². The lowest BCUT2D eigenvalue weighted by Crippen LogP contribution is -2.33. The Labute approximate surface area is 172 Å². The van der Waals surface area contributed by atoms with Crippen molar-refractivity contribution in [3.8, 4) is 5.75 Å². The average molecular weight is 411 g/mol. The molecular weight excluding hydrogens is 389 g/mol. The molecule has 156 valence electrons. The summed E-state index contributed by atoms with van der Waals surface area (Å²) in [5.41, 5.74) is 2.37. The monoisotopic (exact) mass is 411 g/mol. The summed E-state index contributed by atoms with van der Waals surface area (Å²) in [4.78, 5) is 18.5. The number of rotatable bonds is 6. The minimum absolute atomic E-state index is 0.212. The Morgan fingerprint density at radius 2 is 2.27 bits per heavy atom. The number of hydrogen-bond acceptors (Lipinski definition) is 6. The van der Waals surface area contributed by atoms with E-state index in [0.717, 1.165) is 17.9 Å². The highest BCUT2D eigenvalue weighted by Gasteiger charge is 2.25. The molecule has 0 saturated heterocycles. The number of urea groups is 1. The molecule has 0 radical (unpaired) electrons. The van der Waals surface area contributed by atoms with Gasteiger partial charge >= 0.3 is 6.03 Å². The van der Waals surface area contributed by atoms with Crippen molar-refractivity contribution in [1.82, 2.24) is 24.5 Å². The maximum absolute atomic E-state index is 14.4. The van der Waals surface area contributed by atoms with Crippen LogP contribution in [0.3, 0.4) is 0 Å². The molecule has 0 spiro atoms. The van der Waals surface area contributed by atoms with Gasteiger partial charge in [-0.3, -0.25) is 0 Å². The van der Waals surface area contributed by atoms with Crippen LogP contribution in [0, 0.1) is 11.7 Å². The van der Waals surface area contributed by atoms with Crippen molar-refractivity contribution in [2.75, 3.05) is 30.8 Å². The standard InChI is InChI=1S/C20H22FN7O2/c1-27(10-12-2-3-12)20(29)25-16-9-23-19(28-11-24-26-18(16)28)22-8-14-13-6-7-30-17(13)5-4-15(14)21/h4-5,9,11-12H,2-3,6-8,10H2,1H3,(H,22,23)(H,25,29). The summed E-state index contributed by atoms with van der Waals surface area (Å²) in [6, 6.07) is 2.87. The molecule has 2 aliphatic rings. The predicted octanol–water partition coefficient (Wildman–Crippen LogP) is 2.68. The van der Waals surface area contributed by atoms with E-state index in [1.165, 1.54) is 31.4 Å². The largest absolute Gasteiger partial charge is 0.493 e. The Morgan fingerprint density at radius 1 is 1.40 bits per heavy atom. The second kappa shape index (κ2) is 7.43. The van der Waals surface area contributed by atoms with Gasteiger partial charge in [0, 0.05) is 37.7 Å². The summed E-state index contributed by atoms with van der Waals surface area (Å²) in [7, 11) is 1.77. The fraction of sp³-hybridized carbons (Fsp3) is 0.400. The number of benzene rings is 1. The third kappa shape index (κ3) is 3.49. The molecular formula is C20H22FN7O2. The molecule has 3 aromatic rings. The molecule has 5 rings (SSSR count). The summed E-state index contributed by atoms with van der Waals surface area (Å²) in [6.07, 6.45) is 6.06. The molecule has 3 heterocycles. The summed E-state index contributed by atoms with van der Waals surface area (Å²) < 4.78 is 21.5. The van der Waals surface area contributed by atoms with E-state index in [4.69, 9.17) is 4.74 Å². The quantitative estimate of drug-likeness (QED) is 0.647. The van der Waals surface area contributed by atoms with Crippen molar-refractivity contribution in [2.45, 2.75) is 25.8 Å². The van der Waals surface area contributed by atoms with E-state index >= 15 is 0 Å². The Hall–Kier alpha value is -3.43. The Kier molecular flexibility index (Phi) is 4.61. The number of anilines is 2. The van der Waals surface area contributed by atoms with Gasteiger partial charge in [-0.15, -0.1) is 10.2 Å². The molecule has 1 saturated carbocycles. The minimum Gasteiger partial charge on any atom is -0.493 e. The number of fused-ring (bicyclic) bond motifs is 2. The van der Waals surface area contributed by atoms with Gasteiger partial charge in [-0.25, -0.2) is 18.6 Å². The van der Waals surface area contributed by atoms with Crippen LogP contribution in [0.15, 0.2) is 24.7 Å². The van der Waals surface area contributed by atoms with Crippen LogP contribution in [0.1, 0.15) is 24.0 Å². The first-order valence-corrected chi connectivity index (χ1v) is 9.98. The number of halogens is 1. The van der Waals surface area contributed by atoms with Crippen LogP contribution in [0.4, 0.5) is 20.8 Å². The van der Waals surface area contributed by atoms with Crippen LogP contribution in [0.5, 0.6) is 5.75 Å². The van der Waals surface area contributed by atoms with E-state index in [-0.39, 0.29) is 18.4 Å². The van der Waals surface area contributed by atoms with Gasteiger partial charge in [0.15, 0.2) is 5.65 Å². The number of nitrogens with zero attached hydrogens (tertiary/aromatic N) is 5. The first-order valence-electron chi connectivity index (χ1n) is 9.98. The molecule has 2 N–H and O–H groups in total. The number of ether oxygens (including phenoxy) is 1. The first-order chi connectivity index (χ1) is 14.6. The summed E-state index contributed by atoms with van der Waals surface area (Å²) in [5, 5.41) is 14.0. The molecule has 0 bridgehead atoms. The predicted molar refractivity (Wildman–Crippen MR) is 108 cm³/mol. The summed E-state index contributed by atoms with van der Waals surface area (Å²) in [6.45, 7) is 1.54. The van der Waals surface area contributed by atoms with Crippen molar-refractivity contribution in [3.05, 3.63) is 41.6 Å². The van der Waals surface area contributed by atoms with Crippen LogP contribution in [-0.2, 0) is 13.0 Å². The highest BCUT2D eigenvalue weighted by atomic mass is 19.1. The average Bonchev–Trinajstić information content (AvgIpc) is 3.21. The van der Waals surface area contributed by atoms with Gasteiger partial charge in [-0.2, -0.15) is 0 Å². The zero-order valence-corrected chi connectivity index (χ0v) is 16.6. The first kappa shape index (κ1) is 18.6. The molecule has 2 amide bonds. The van der Waals surface area contributed by atoms with Gasteiger partial charge < -0.3 is 20.3 Å². The van der Waals surface area contributed by atoms with Gasteiger partial charge in [0.2, 0.25) is 5.95 Å². The zero-order chi connectivity index (χ0) is 20.7. The van der Waals surface area contributed by atoms with E-state index in [1.807, 2.05) is 0 Å². The maximum Gasteiger partial charge on any atom is 0.321 e. The van der Waals surface area contributed by atoms with Crippen molar-refractivity contribution >= 4 is 23.3 Å². The molecule has 9 nitrogen and oxygen atoms in total. The topological polar surface area (TPSA) is 96.7 Å². The molecule has 30 heavy (non-hydrogen) atoms. The molecule has 1 aromatic carbocycles. The van der Waals surface area contributed by atoms with E-state index in [0.29, 0.717) is 41.8 Å². The van der Waals surface area contributed by atoms with Gasteiger partial charge in [-0.1, -0.05) is 0 Å². The van der Waals surface area contributed by atoms with Crippen LogP contribution in [-0.4, -0.2) is 50.7 Å². The number of nitrogens with one attached hydrogen (secondary N) is 2. The van der Waals surface area contributed by atoms with Gasteiger partial charge in [-0.05, 0) is 30.9 Å². The number of aromatic nitrogens is 4. The van der Waals surface area contributed by atoms with Crippen LogP contribution in [0.2, 0.25) is 0 Å². The number of carbonyl (C=O) groups is 1. The lowest BCUT2D eigenvalue weighted by Gasteiger charge is -2.18. The molecule has 0 atom stereocenters. The summed E-state index contributed by atoms with van der Waals surface area (Å²) in [5.74, 6) is 1.50. The third-order valence-electron chi connectivity index (χ3n) is 5.51. The number of amides is 2. The van der Waals surface area contributed by atoms with Crippen molar-refractivity contribution in [1.29, 1.82) is 0 Å². The maximum atomic E-state index is 14.4. The van der Waals surface area contributed by atoms with Crippen LogP contribution < -0.4 is 15.4 Å². The van der Waals surface area contributed by atoms with Gasteiger partial charge in [0.25, 0.3) is 0 Å². The summed E-state index contributed by atoms with van der Waals surface area (Å²) >= 11 is 0. The van der Waals surface area contributed by atoms with Crippen molar-refractivity contribution < 1.29 is 13.9 Å². The molecule has 10 heteroatoms. The molecule has 0 unspecified atom stereocenters. The number of carbonyl (C=O) groups excluding carboxylic acids is 1. The van der Waals surface area contributed by atoms with Gasteiger partial charge in [0.05, 0.1) is 12.8 Å². The molecule has 1 fully saturated rings. The SMILES string of the molecule is CN(CC1CC1)C(=O)Nc1cnc(NCc2c(F)ccc3c2CCO3)n2cnnc12. The lowest BCUT2D eigenvalue weighted by atomic mass is 10.0. The highest BCUT2D eigenvalue weighted by molar-refractivity contribution is 5.92. The Morgan fingerprint density at radius 3 is 3.10 bits per heavy atom. The lowest BCUT2D eigenvalue weighted by molar-refractivity contribution is 0.220. The molecule has 2 aromatic heterocycles. The fourth-order valence-corrected chi connectivity index (χ4v) is 3.69. The minimum atomic E-state index is -0.283. The third-order valence-corrected chi connectivity index (χ3v) is 5.51. The second-order valence-electron chi connectivity index (χ2n) is 7.73. The van der Waals surface area contributed by atoms with Crippen LogP contribution >= 0.6 is 0 Å². The Bertz CT molecular complexity index is 1110. The Balaban J connectivity index is 1.34.